The number of nitrogens with zero attached hydrogens (tertiary/aromatic N) is 1. The minimum absolute atomic E-state index is 0.0335. The van der Waals surface area contributed by atoms with E-state index in [4.69, 9.17) is 14.5 Å². The molecule has 33 heavy (non-hydrogen) atoms. The fourth-order valence-electron chi connectivity index (χ4n) is 4.71. The maximum absolute atomic E-state index is 11.7. The van der Waals surface area contributed by atoms with Gasteiger partial charge in [-0.15, -0.1) is 0 Å². The number of anilines is 1. The van der Waals surface area contributed by atoms with Crippen molar-refractivity contribution >= 4 is 23.3 Å². The Morgan fingerprint density at radius 2 is 1.91 bits per heavy atom. The molecule has 2 aliphatic rings. The third kappa shape index (κ3) is 4.32. The van der Waals surface area contributed by atoms with E-state index in [9.17, 15) is 14.7 Å². The molecular formula is C26H30N2O5. The molecular weight excluding hydrogens is 420 g/mol. The second kappa shape index (κ2) is 7.90. The number of aromatic carboxylic acids is 1. The summed E-state index contributed by atoms with van der Waals surface area (Å²) in [4.78, 5) is 28.5. The third-order valence-electron chi connectivity index (χ3n) is 5.82. The van der Waals surface area contributed by atoms with E-state index >= 15 is 0 Å². The van der Waals surface area contributed by atoms with Crippen molar-refractivity contribution in [3.63, 3.8) is 0 Å². The van der Waals surface area contributed by atoms with Crippen molar-refractivity contribution in [3.05, 3.63) is 52.1 Å². The number of rotatable bonds is 5. The minimum Gasteiger partial charge on any atom is -0.490 e. The first-order valence-electron chi connectivity index (χ1n) is 11.2. The number of hydrogen-bond donors (Lipinski definition) is 2. The number of carboxylic acid groups (broad SMARTS) is 1. The molecule has 0 fully saturated rings. The van der Waals surface area contributed by atoms with Crippen LogP contribution in [-0.2, 0) is 17.6 Å². The number of carbonyl (C=O) groups excluding carboxylic acids is 1. The predicted molar refractivity (Wildman–Crippen MR) is 127 cm³/mol. The van der Waals surface area contributed by atoms with Gasteiger partial charge in [0, 0.05) is 30.0 Å². The lowest BCUT2D eigenvalue weighted by Crippen LogP contribution is -2.31. The topological polar surface area (TPSA) is 97.2 Å². The number of nitrogens with one attached hydrogen (secondary N) is 1. The first-order chi connectivity index (χ1) is 15.4. The van der Waals surface area contributed by atoms with Crippen molar-refractivity contribution in [1.29, 1.82) is 0 Å². The van der Waals surface area contributed by atoms with Gasteiger partial charge in [-0.3, -0.25) is 9.79 Å². The standard InChI is InChI=1S/C26H30N2O5/c1-7-32-20-11-16-12-25(3,4)28-22(21(16)18-13-26(5,6)33-23(18)20)15-8-9-17(24(30)31)19(10-15)27-14(2)29/h8-11H,7,12-13H2,1-6H3,(H,27,29)(H,30,31). The van der Waals surface area contributed by atoms with E-state index in [0.717, 1.165) is 45.9 Å². The first kappa shape index (κ1) is 22.8. The fourth-order valence-corrected chi connectivity index (χ4v) is 4.71. The van der Waals surface area contributed by atoms with E-state index in [2.05, 4.69) is 39.1 Å². The second-order valence-corrected chi connectivity index (χ2v) is 9.88. The summed E-state index contributed by atoms with van der Waals surface area (Å²) < 4.78 is 12.2. The Kier molecular flexibility index (Phi) is 5.47. The van der Waals surface area contributed by atoms with Crippen LogP contribution in [0.3, 0.4) is 0 Å². The van der Waals surface area contributed by atoms with Crippen molar-refractivity contribution in [2.24, 2.45) is 4.99 Å². The number of carbonyl (C=O) groups is 2. The molecule has 4 rings (SSSR count). The summed E-state index contributed by atoms with van der Waals surface area (Å²) in [6.45, 7) is 12.1. The molecule has 7 heteroatoms. The Labute approximate surface area is 193 Å². The SMILES string of the molecule is CCOc1cc2c(c3c1OC(C)(C)C3)C(c1ccc(C(=O)O)c(NC(C)=O)c1)=NC(C)(C)C2. The van der Waals surface area contributed by atoms with Crippen LogP contribution in [-0.4, -0.2) is 40.4 Å². The van der Waals surface area contributed by atoms with Crippen molar-refractivity contribution < 1.29 is 24.2 Å². The van der Waals surface area contributed by atoms with Crippen LogP contribution in [0.5, 0.6) is 11.5 Å². The summed E-state index contributed by atoms with van der Waals surface area (Å²) in [5.74, 6) is 0.0543. The largest absolute Gasteiger partial charge is 0.490 e. The maximum Gasteiger partial charge on any atom is 0.337 e. The van der Waals surface area contributed by atoms with Gasteiger partial charge in [-0.1, -0.05) is 6.07 Å². The Balaban J connectivity index is 1.95. The lowest BCUT2D eigenvalue weighted by atomic mass is 9.80. The molecule has 7 nitrogen and oxygen atoms in total. The summed E-state index contributed by atoms with van der Waals surface area (Å²) in [5, 5.41) is 12.2. The van der Waals surface area contributed by atoms with Gasteiger partial charge in [-0.2, -0.15) is 0 Å². The summed E-state index contributed by atoms with van der Waals surface area (Å²) in [5.41, 5.74) is 4.24. The predicted octanol–water partition coefficient (Wildman–Crippen LogP) is 4.63. The molecule has 0 unspecified atom stereocenters. The van der Waals surface area contributed by atoms with Crippen LogP contribution >= 0.6 is 0 Å². The minimum atomic E-state index is -1.10. The van der Waals surface area contributed by atoms with Gasteiger partial charge in [-0.05, 0) is 64.8 Å². The zero-order valence-corrected chi connectivity index (χ0v) is 20.0. The van der Waals surface area contributed by atoms with Crippen LogP contribution in [0.15, 0.2) is 29.3 Å². The number of carboxylic acids is 1. The molecule has 0 aromatic heterocycles. The average molecular weight is 451 g/mol. The molecule has 0 saturated carbocycles. The van der Waals surface area contributed by atoms with Crippen LogP contribution < -0.4 is 14.8 Å². The van der Waals surface area contributed by atoms with E-state index < -0.39 is 5.97 Å². The Hall–Kier alpha value is -3.35. The van der Waals surface area contributed by atoms with Gasteiger partial charge in [-0.25, -0.2) is 4.79 Å². The molecule has 2 aromatic carbocycles. The van der Waals surface area contributed by atoms with Gasteiger partial charge < -0.3 is 19.9 Å². The molecule has 2 heterocycles. The molecule has 0 spiro atoms. The molecule has 174 valence electrons. The molecule has 1 amide bonds. The molecule has 2 aliphatic heterocycles. The molecule has 0 bridgehead atoms. The molecule has 2 aromatic rings. The highest BCUT2D eigenvalue weighted by Gasteiger charge is 2.39. The van der Waals surface area contributed by atoms with E-state index in [-0.39, 0.29) is 28.3 Å². The first-order valence-corrected chi connectivity index (χ1v) is 11.2. The Morgan fingerprint density at radius 3 is 2.55 bits per heavy atom. The van der Waals surface area contributed by atoms with E-state index in [1.807, 2.05) is 6.92 Å². The van der Waals surface area contributed by atoms with Gasteiger partial charge in [0.1, 0.15) is 5.60 Å². The number of hydrogen-bond acceptors (Lipinski definition) is 5. The molecule has 0 aliphatic carbocycles. The van der Waals surface area contributed by atoms with Gasteiger partial charge >= 0.3 is 5.97 Å². The Morgan fingerprint density at radius 1 is 1.18 bits per heavy atom. The Bertz CT molecular complexity index is 1190. The van der Waals surface area contributed by atoms with Crippen LogP contribution in [0, 0.1) is 0 Å². The number of aliphatic imine (C=N–C) groups is 1. The smallest absolute Gasteiger partial charge is 0.337 e. The summed E-state index contributed by atoms with van der Waals surface area (Å²) in [6.07, 6.45) is 1.45. The number of fused-ring (bicyclic) bond motifs is 3. The van der Waals surface area contributed by atoms with Gasteiger partial charge in [0.2, 0.25) is 5.91 Å². The van der Waals surface area contributed by atoms with E-state index in [0.29, 0.717) is 13.0 Å². The van der Waals surface area contributed by atoms with Gasteiger partial charge in [0.25, 0.3) is 0 Å². The summed E-state index contributed by atoms with van der Waals surface area (Å²) in [6, 6.07) is 7.01. The highest BCUT2D eigenvalue weighted by molar-refractivity contribution is 6.17. The summed E-state index contributed by atoms with van der Waals surface area (Å²) in [7, 11) is 0. The molecule has 0 atom stereocenters. The van der Waals surface area contributed by atoms with Crippen molar-refractivity contribution in [3.8, 4) is 11.5 Å². The number of ether oxygens (including phenoxy) is 2. The third-order valence-corrected chi connectivity index (χ3v) is 5.82. The number of benzene rings is 2. The number of amides is 1. The second-order valence-electron chi connectivity index (χ2n) is 9.88. The lowest BCUT2D eigenvalue weighted by Gasteiger charge is -2.31. The maximum atomic E-state index is 11.7. The van der Waals surface area contributed by atoms with Crippen LogP contribution in [0.1, 0.15) is 74.2 Å². The van der Waals surface area contributed by atoms with Crippen molar-refractivity contribution in [2.45, 2.75) is 65.5 Å². The van der Waals surface area contributed by atoms with Crippen molar-refractivity contribution in [2.75, 3.05) is 11.9 Å². The molecule has 2 N–H and O–H groups in total. The van der Waals surface area contributed by atoms with E-state index in [1.54, 1.807) is 12.1 Å². The quantitative estimate of drug-likeness (QED) is 0.692. The fraction of sp³-hybridized carbons (Fsp3) is 0.423. The molecule has 0 saturated heterocycles. The average Bonchev–Trinajstić information content (AvgIpc) is 3.01. The normalized spacial score (nSPS) is 17.3. The van der Waals surface area contributed by atoms with Crippen LogP contribution in [0.2, 0.25) is 0 Å². The molecule has 0 radical (unpaired) electrons. The zero-order valence-electron chi connectivity index (χ0n) is 20.0. The summed E-state index contributed by atoms with van der Waals surface area (Å²) >= 11 is 0. The van der Waals surface area contributed by atoms with Gasteiger partial charge in [0.05, 0.1) is 29.1 Å². The highest BCUT2D eigenvalue weighted by Crippen LogP contribution is 2.48. The lowest BCUT2D eigenvalue weighted by molar-refractivity contribution is -0.114. The highest BCUT2D eigenvalue weighted by atomic mass is 16.5. The zero-order chi connectivity index (χ0) is 24.1. The van der Waals surface area contributed by atoms with E-state index in [1.165, 1.54) is 13.0 Å². The van der Waals surface area contributed by atoms with Gasteiger partial charge in [0.15, 0.2) is 11.5 Å². The van der Waals surface area contributed by atoms with Crippen LogP contribution in [0.25, 0.3) is 0 Å². The van der Waals surface area contributed by atoms with Crippen molar-refractivity contribution in [1.82, 2.24) is 0 Å². The monoisotopic (exact) mass is 450 g/mol. The van der Waals surface area contributed by atoms with Crippen LogP contribution in [0.4, 0.5) is 5.69 Å².